The lowest BCUT2D eigenvalue weighted by Crippen LogP contribution is -2.51. The van der Waals surface area contributed by atoms with Crippen molar-refractivity contribution in [3.05, 3.63) is 29.3 Å². The summed E-state index contributed by atoms with van der Waals surface area (Å²) in [6.07, 6.45) is -0.646. The highest BCUT2D eigenvalue weighted by molar-refractivity contribution is 5.96. The number of alkyl carbamates (subject to hydrolysis) is 1. The van der Waals surface area contributed by atoms with Gasteiger partial charge in [-0.2, -0.15) is 0 Å². The molecule has 1 aromatic carbocycles. The molecule has 1 rings (SSSR count). The molecule has 0 saturated carbocycles. The Bertz CT molecular complexity index is 658. The van der Waals surface area contributed by atoms with E-state index in [9.17, 15) is 14.4 Å². The van der Waals surface area contributed by atoms with Crippen molar-refractivity contribution in [1.29, 1.82) is 0 Å². The number of benzene rings is 1. The van der Waals surface area contributed by atoms with Crippen molar-refractivity contribution in [2.75, 3.05) is 25.5 Å². The van der Waals surface area contributed by atoms with Crippen LogP contribution in [0.1, 0.15) is 31.9 Å². The van der Waals surface area contributed by atoms with E-state index in [1.54, 1.807) is 6.92 Å². The van der Waals surface area contributed by atoms with E-state index in [1.165, 1.54) is 11.9 Å². The summed E-state index contributed by atoms with van der Waals surface area (Å²) in [4.78, 5) is 37.8. The van der Waals surface area contributed by atoms with Gasteiger partial charge in [-0.1, -0.05) is 26.0 Å². The average Bonchev–Trinajstić information content (AvgIpc) is 2.56. The number of likely N-dealkylation sites (N-methyl/N-ethyl adjacent to an activating group) is 1. The van der Waals surface area contributed by atoms with Crippen LogP contribution in [0.3, 0.4) is 0 Å². The zero-order chi connectivity index (χ0) is 19.9. The monoisotopic (exact) mass is 363 g/mol. The second-order valence-electron chi connectivity index (χ2n) is 6.58. The highest BCUT2D eigenvalue weighted by atomic mass is 16.5. The van der Waals surface area contributed by atoms with Gasteiger partial charge in [-0.3, -0.25) is 9.59 Å². The molecule has 26 heavy (non-hydrogen) atoms. The average molecular weight is 363 g/mol. The second kappa shape index (κ2) is 9.79. The fraction of sp³-hybridized carbons (Fsp3) is 0.526. The predicted octanol–water partition coefficient (Wildman–Crippen LogP) is 2.47. The van der Waals surface area contributed by atoms with E-state index in [0.717, 1.165) is 16.8 Å². The Labute approximate surface area is 155 Å². The van der Waals surface area contributed by atoms with Crippen molar-refractivity contribution in [3.63, 3.8) is 0 Å². The van der Waals surface area contributed by atoms with Crippen molar-refractivity contribution in [3.8, 4) is 0 Å². The van der Waals surface area contributed by atoms with Crippen LogP contribution in [-0.2, 0) is 14.3 Å². The first-order chi connectivity index (χ1) is 12.2. The highest BCUT2D eigenvalue weighted by Crippen LogP contribution is 2.17. The molecular weight excluding hydrogens is 334 g/mol. The molecule has 1 unspecified atom stereocenters. The van der Waals surface area contributed by atoms with Gasteiger partial charge in [-0.25, -0.2) is 4.79 Å². The molecule has 0 aromatic heterocycles. The predicted molar refractivity (Wildman–Crippen MR) is 101 cm³/mol. The van der Waals surface area contributed by atoms with E-state index in [0.29, 0.717) is 0 Å². The number of carbonyl (C=O) groups excluding carboxylic acids is 3. The van der Waals surface area contributed by atoms with E-state index in [4.69, 9.17) is 4.74 Å². The molecule has 0 heterocycles. The number of nitrogens with one attached hydrogen (secondary N) is 2. The number of anilines is 1. The third-order valence-electron chi connectivity index (χ3n) is 4.12. The minimum Gasteiger partial charge on any atom is -0.450 e. The Morgan fingerprint density at radius 2 is 1.85 bits per heavy atom. The Morgan fingerprint density at radius 1 is 1.19 bits per heavy atom. The van der Waals surface area contributed by atoms with Crippen LogP contribution in [0.5, 0.6) is 0 Å². The first-order valence-electron chi connectivity index (χ1n) is 8.71. The van der Waals surface area contributed by atoms with Gasteiger partial charge < -0.3 is 20.3 Å². The number of hydrogen-bond donors (Lipinski definition) is 2. The van der Waals surface area contributed by atoms with E-state index in [2.05, 4.69) is 10.6 Å². The van der Waals surface area contributed by atoms with Gasteiger partial charge in [0, 0.05) is 12.7 Å². The molecule has 7 nitrogen and oxygen atoms in total. The van der Waals surface area contributed by atoms with Gasteiger partial charge in [0.05, 0.1) is 13.2 Å². The number of hydrogen-bond acceptors (Lipinski definition) is 4. The van der Waals surface area contributed by atoms with Gasteiger partial charge in [-0.05, 0) is 43.9 Å². The van der Waals surface area contributed by atoms with Crippen LogP contribution in [-0.4, -0.2) is 49.0 Å². The normalized spacial score (nSPS) is 11.7. The summed E-state index contributed by atoms with van der Waals surface area (Å²) in [5, 5.41) is 5.37. The molecule has 3 amide bonds. The fourth-order valence-corrected chi connectivity index (χ4v) is 2.42. The standard InChI is InChI=1S/C19H29N3O4/c1-7-26-19(25)21-17(12(2)3)18(24)22(6)11-16(23)20-15-10-8-9-13(4)14(15)5/h8-10,12,17H,7,11H2,1-6H3,(H,20,23)(H,21,25). The smallest absolute Gasteiger partial charge is 0.407 e. The Balaban J connectivity index is 2.72. The summed E-state index contributed by atoms with van der Waals surface area (Å²) in [5.74, 6) is -0.784. The molecule has 1 atom stereocenters. The van der Waals surface area contributed by atoms with Crippen molar-refractivity contribution in [2.24, 2.45) is 5.92 Å². The molecule has 2 N–H and O–H groups in total. The summed E-state index contributed by atoms with van der Waals surface area (Å²) in [5.41, 5.74) is 2.78. The number of amides is 3. The third-order valence-corrected chi connectivity index (χ3v) is 4.12. The van der Waals surface area contributed by atoms with E-state index < -0.39 is 12.1 Å². The van der Waals surface area contributed by atoms with E-state index in [1.807, 2.05) is 45.9 Å². The van der Waals surface area contributed by atoms with Crippen LogP contribution >= 0.6 is 0 Å². The molecule has 0 aliphatic rings. The van der Waals surface area contributed by atoms with Crippen molar-refractivity contribution in [2.45, 2.75) is 40.7 Å². The van der Waals surface area contributed by atoms with Crippen molar-refractivity contribution >= 4 is 23.6 Å². The van der Waals surface area contributed by atoms with Crippen LogP contribution in [0.4, 0.5) is 10.5 Å². The lowest BCUT2D eigenvalue weighted by Gasteiger charge is -2.26. The lowest BCUT2D eigenvalue weighted by atomic mass is 10.0. The number of ether oxygens (including phenoxy) is 1. The maximum Gasteiger partial charge on any atom is 0.407 e. The molecule has 0 aliphatic heterocycles. The summed E-state index contributed by atoms with van der Waals surface area (Å²) >= 11 is 0. The molecule has 7 heteroatoms. The molecule has 144 valence electrons. The fourth-order valence-electron chi connectivity index (χ4n) is 2.42. The molecular formula is C19H29N3O4. The van der Waals surface area contributed by atoms with Crippen LogP contribution in [0, 0.1) is 19.8 Å². The maximum absolute atomic E-state index is 12.6. The summed E-state index contributed by atoms with van der Waals surface area (Å²) in [6.45, 7) is 9.33. The third kappa shape index (κ3) is 6.06. The van der Waals surface area contributed by atoms with Crippen LogP contribution < -0.4 is 10.6 Å². The molecule has 0 bridgehead atoms. The second-order valence-corrected chi connectivity index (χ2v) is 6.58. The van der Waals surface area contributed by atoms with Gasteiger partial charge >= 0.3 is 6.09 Å². The van der Waals surface area contributed by atoms with E-state index in [-0.39, 0.29) is 30.9 Å². The topological polar surface area (TPSA) is 87.7 Å². The van der Waals surface area contributed by atoms with Crippen molar-refractivity contribution in [1.82, 2.24) is 10.2 Å². The number of carbonyl (C=O) groups is 3. The first kappa shape index (κ1) is 21.5. The molecule has 0 radical (unpaired) electrons. The van der Waals surface area contributed by atoms with Gasteiger partial charge in [-0.15, -0.1) is 0 Å². The largest absolute Gasteiger partial charge is 0.450 e. The zero-order valence-corrected chi connectivity index (χ0v) is 16.4. The Morgan fingerprint density at radius 3 is 2.42 bits per heavy atom. The van der Waals surface area contributed by atoms with E-state index >= 15 is 0 Å². The molecule has 0 spiro atoms. The summed E-state index contributed by atoms with van der Waals surface area (Å²) < 4.78 is 4.84. The van der Waals surface area contributed by atoms with Gasteiger partial charge in [0.1, 0.15) is 6.04 Å². The summed E-state index contributed by atoms with van der Waals surface area (Å²) in [7, 11) is 1.53. The molecule has 0 aliphatic carbocycles. The number of aryl methyl sites for hydroxylation is 1. The highest BCUT2D eigenvalue weighted by Gasteiger charge is 2.28. The first-order valence-corrected chi connectivity index (χ1v) is 8.71. The lowest BCUT2D eigenvalue weighted by molar-refractivity contribution is -0.136. The van der Waals surface area contributed by atoms with Gasteiger partial charge in [0.15, 0.2) is 0 Å². The minimum atomic E-state index is -0.757. The van der Waals surface area contributed by atoms with Crippen LogP contribution in [0.2, 0.25) is 0 Å². The molecule has 1 aromatic rings. The quantitative estimate of drug-likeness (QED) is 0.779. The Kier molecular flexibility index (Phi) is 8.09. The summed E-state index contributed by atoms with van der Waals surface area (Å²) in [6, 6.07) is 4.90. The number of nitrogens with zero attached hydrogens (tertiary/aromatic N) is 1. The Hall–Kier alpha value is -2.57. The van der Waals surface area contributed by atoms with Crippen molar-refractivity contribution < 1.29 is 19.1 Å². The zero-order valence-electron chi connectivity index (χ0n) is 16.4. The molecule has 0 saturated heterocycles. The maximum atomic E-state index is 12.6. The van der Waals surface area contributed by atoms with Crippen LogP contribution in [0.15, 0.2) is 18.2 Å². The minimum absolute atomic E-state index is 0.111. The number of rotatable bonds is 7. The molecule has 0 fully saturated rings. The SMILES string of the molecule is CCOC(=O)NC(C(=O)N(C)CC(=O)Nc1cccc(C)c1C)C(C)C. The van der Waals surface area contributed by atoms with Crippen LogP contribution in [0.25, 0.3) is 0 Å². The van der Waals surface area contributed by atoms with Gasteiger partial charge in [0.25, 0.3) is 0 Å². The van der Waals surface area contributed by atoms with Gasteiger partial charge in [0.2, 0.25) is 11.8 Å².